The molecule has 0 N–H and O–H groups in total. The molecule has 1 aliphatic heterocycles. The van der Waals surface area contributed by atoms with Crippen molar-refractivity contribution in [2.75, 3.05) is 16.3 Å². The summed E-state index contributed by atoms with van der Waals surface area (Å²) in [6.07, 6.45) is 16.4. The summed E-state index contributed by atoms with van der Waals surface area (Å²) in [6, 6.07) is 34.2. The van der Waals surface area contributed by atoms with Gasteiger partial charge in [-0.05, 0) is 135 Å². The first-order chi connectivity index (χ1) is 28.2. The Bertz CT molecular complexity index is 2630. The molecule has 3 heteroatoms. The summed E-state index contributed by atoms with van der Waals surface area (Å²) in [5.74, 6) is 0. The van der Waals surface area contributed by atoms with E-state index in [1.807, 2.05) is 0 Å². The first-order valence-electron chi connectivity index (χ1n) is 21.7. The van der Waals surface area contributed by atoms with Crippen molar-refractivity contribution in [2.24, 2.45) is 10.8 Å². The summed E-state index contributed by atoms with van der Waals surface area (Å²) in [5.41, 5.74) is 24.9. The second kappa shape index (κ2) is 14.6. The molecule has 0 saturated carbocycles. The van der Waals surface area contributed by atoms with Crippen LogP contribution in [0, 0.1) is 31.6 Å². The molecule has 0 saturated heterocycles. The maximum atomic E-state index is 7.50. The minimum Gasteiger partial charge on any atom is -0.337 e. The van der Waals surface area contributed by atoms with E-state index in [1.54, 1.807) is 5.57 Å². The number of anilines is 5. The quantitative estimate of drug-likeness (QED) is 0.120. The second-order valence-corrected chi connectivity index (χ2v) is 18.7. The highest BCUT2D eigenvalue weighted by Gasteiger charge is 2.35. The molecule has 0 atom stereocenters. The predicted octanol–water partition coefficient (Wildman–Crippen LogP) is 14.6. The van der Waals surface area contributed by atoms with E-state index < -0.39 is 0 Å². The normalized spacial score (nSPS) is 17.3. The maximum Gasteiger partial charge on any atom is 0.117 e. The molecule has 3 aliphatic carbocycles. The van der Waals surface area contributed by atoms with Crippen LogP contribution in [0.15, 0.2) is 144 Å². The van der Waals surface area contributed by atoms with Crippen molar-refractivity contribution in [1.82, 2.24) is 0 Å². The molecule has 0 amide bonds. The van der Waals surface area contributed by atoms with Crippen molar-refractivity contribution in [2.45, 2.75) is 88.0 Å². The molecule has 9 rings (SSSR count). The Morgan fingerprint density at radius 3 is 2.05 bits per heavy atom. The van der Waals surface area contributed by atoms with Gasteiger partial charge in [0, 0.05) is 51.3 Å². The van der Waals surface area contributed by atoms with Gasteiger partial charge in [-0.1, -0.05) is 147 Å². The van der Waals surface area contributed by atoms with Crippen LogP contribution in [0.1, 0.15) is 88.6 Å². The lowest BCUT2D eigenvalue weighted by molar-refractivity contribution is 0.472. The van der Waals surface area contributed by atoms with Crippen LogP contribution < -0.4 is 15.3 Å². The van der Waals surface area contributed by atoms with E-state index in [0.717, 1.165) is 66.0 Å². The van der Waals surface area contributed by atoms with Gasteiger partial charge in [-0.3, -0.25) is 0 Å². The lowest BCUT2D eigenvalue weighted by atomic mass is 9.67. The average molecular weight is 769 g/mol. The fourth-order valence-corrected chi connectivity index (χ4v) is 10.2. The molecule has 2 bridgehead atoms. The van der Waals surface area contributed by atoms with Crippen molar-refractivity contribution in [3.05, 3.63) is 171 Å². The smallest absolute Gasteiger partial charge is 0.117 e. The van der Waals surface area contributed by atoms with Crippen LogP contribution in [-0.2, 0) is 6.42 Å². The third-order valence-corrected chi connectivity index (χ3v) is 13.4. The Morgan fingerprint density at radius 2 is 1.37 bits per heavy atom. The number of hydrogen-bond donors (Lipinski definition) is 0. The van der Waals surface area contributed by atoms with Gasteiger partial charge in [0.15, 0.2) is 0 Å². The van der Waals surface area contributed by atoms with Crippen molar-refractivity contribution < 1.29 is 0 Å². The van der Waals surface area contributed by atoms with Gasteiger partial charge in [-0.2, -0.15) is 0 Å². The van der Waals surface area contributed by atoms with E-state index in [-0.39, 0.29) is 10.8 Å². The third-order valence-electron chi connectivity index (χ3n) is 13.4. The molecule has 2 nitrogen and oxygen atoms in total. The minimum atomic E-state index is -0.0597. The van der Waals surface area contributed by atoms with E-state index in [9.17, 15) is 0 Å². The van der Waals surface area contributed by atoms with Crippen molar-refractivity contribution >= 4 is 47.3 Å². The molecule has 5 aromatic rings. The fraction of sp³-hybridized carbons (Fsp3) is 0.286. The molecular formula is C56H57BN2. The molecule has 5 aromatic carbocycles. The first-order valence-corrected chi connectivity index (χ1v) is 21.7. The summed E-state index contributed by atoms with van der Waals surface area (Å²) in [5, 5.41) is 0. The zero-order chi connectivity index (χ0) is 41.4. The predicted molar refractivity (Wildman–Crippen MR) is 255 cm³/mol. The standard InChI is InChI=1S/C56H57BN2/c1-10-49-50(56(8,9)28-27-55(49,6)7)30-38(5)34-58-51-31-37(4)29-48(53(51)57)45-26-24-43(59(41-20-15-35(2)16-21-41)42-22-17-36(3)18-23-42)33-47(45)46-25-19-40-32-39-13-11-12-14-44(39)52(40)54(46)58/h12,14-31,33H,10-11,13,32,34H2,1-9H3/b38-30-. The zero-order valence-corrected chi connectivity index (χ0v) is 36.6. The molecule has 0 spiro atoms. The monoisotopic (exact) mass is 768 g/mol. The lowest BCUT2D eigenvalue weighted by Gasteiger charge is -2.39. The van der Waals surface area contributed by atoms with Crippen LogP contribution in [0.2, 0.25) is 0 Å². The highest BCUT2D eigenvalue weighted by atomic mass is 15.2. The van der Waals surface area contributed by atoms with E-state index in [1.165, 1.54) is 72.5 Å². The zero-order valence-electron chi connectivity index (χ0n) is 36.6. The number of benzene rings is 5. The van der Waals surface area contributed by atoms with Crippen molar-refractivity contribution in [3.8, 4) is 22.3 Å². The Kier molecular flexibility index (Phi) is 9.66. The maximum absolute atomic E-state index is 7.50. The van der Waals surface area contributed by atoms with Crippen molar-refractivity contribution in [1.29, 1.82) is 0 Å². The third kappa shape index (κ3) is 6.77. The molecule has 0 fully saturated rings. The van der Waals surface area contributed by atoms with Gasteiger partial charge >= 0.3 is 0 Å². The summed E-state index contributed by atoms with van der Waals surface area (Å²) >= 11 is 0. The van der Waals surface area contributed by atoms with Gasteiger partial charge in [0.25, 0.3) is 0 Å². The van der Waals surface area contributed by atoms with Crippen molar-refractivity contribution in [3.63, 3.8) is 0 Å². The van der Waals surface area contributed by atoms with Gasteiger partial charge in [0.1, 0.15) is 7.85 Å². The van der Waals surface area contributed by atoms with Crippen LogP contribution in [-0.4, -0.2) is 14.4 Å². The van der Waals surface area contributed by atoms with Crippen LogP contribution in [0.5, 0.6) is 0 Å². The van der Waals surface area contributed by atoms with Gasteiger partial charge in [-0.15, -0.1) is 0 Å². The Hall–Kier alpha value is -5.54. The van der Waals surface area contributed by atoms with Gasteiger partial charge in [-0.25, -0.2) is 0 Å². The van der Waals surface area contributed by atoms with E-state index in [4.69, 9.17) is 7.85 Å². The molecule has 0 aromatic heterocycles. The van der Waals surface area contributed by atoms with E-state index in [0.29, 0.717) is 0 Å². The second-order valence-electron chi connectivity index (χ2n) is 18.7. The number of hydrogen-bond acceptors (Lipinski definition) is 2. The largest absolute Gasteiger partial charge is 0.337 e. The SMILES string of the molecule is [B]c1c2cc(C)cc1N(C/C(C)=C\C1=C(CC)C(C)(C)C=CC1(C)C)c1c(ccc3c1C1=C(CCC=C1)C3)-c1cc(N(c3ccc(C)cc3)c3ccc(C)cc3)ccc1-2. The molecule has 4 aliphatic rings. The Balaban J connectivity index is 1.31. The number of nitrogens with zero attached hydrogens (tertiary/aromatic N) is 2. The highest BCUT2D eigenvalue weighted by Crippen LogP contribution is 2.53. The molecule has 0 unspecified atom stereocenters. The number of fused-ring (bicyclic) bond motifs is 9. The minimum absolute atomic E-state index is 0.0167. The number of rotatable bonds is 7. The molecule has 2 radical (unpaired) electrons. The number of allylic oxidation sites excluding steroid dienone is 9. The summed E-state index contributed by atoms with van der Waals surface area (Å²) in [6.45, 7) is 21.3. The topological polar surface area (TPSA) is 6.48 Å². The summed E-state index contributed by atoms with van der Waals surface area (Å²) in [4.78, 5) is 4.98. The van der Waals surface area contributed by atoms with Gasteiger partial charge in [0.2, 0.25) is 0 Å². The highest BCUT2D eigenvalue weighted by molar-refractivity contribution is 6.40. The van der Waals surface area contributed by atoms with Gasteiger partial charge in [0.05, 0.1) is 5.69 Å². The number of aryl methyl sites for hydroxylation is 3. The van der Waals surface area contributed by atoms with Gasteiger partial charge < -0.3 is 9.80 Å². The summed E-state index contributed by atoms with van der Waals surface area (Å²) < 4.78 is 0. The first kappa shape index (κ1) is 39.0. The van der Waals surface area contributed by atoms with Crippen LogP contribution in [0.3, 0.4) is 0 Å². The van der Waals surface area contributed by atoms with Crippen LogP contribution in [0.4, 0.5) is 28.4 Å². The molecule has 1 heterocycles. The Morgan fingerprint density at radius 1 is 0.729 bits per heavy atom. The average Bonchev–Trinajstić information content (AvgIpc) is 3.59. The molecular weight excluding hydrogens is 711 g/mol. The molecule has 294 valence electrons. The summed E-state index contributed by atoms with van der Waals surface area (Å²) in [7, 11) is 7.50. The molecule has 59 heavy (non-hydrogen) atoms. The van der Waals surface area contributed by atoms with E-state index in [2.05, 4.69) is 193 Å². The lowest BCUT2D eigenvalue weighted by Crippen LogP contribution is -2.30. The van der Waals surface area contributed by atoms with E-state index >= 15 is 0 Å². The Labute approximate surface area is 354 Å². The van der Waals surface area contributed by atoms with Crippen LogP contribution in [0.25, 0.3) is 27.8 Å². The fourth-order valence-electron chi connectivity index (χ4n) is 10.2. The van der Waals surface area contributed by atoms with Crippen LogP contribution >= 0.6 is 0 Å².